The zero-order chi connectivity index (χ0) is 12.5. The lowest BCUT2D eigenvalue weighted by Gasteiger charge is -1.96. The molecule has 0 radical (unpaired) electrons. The molecule has 2 aromatic heterocycles. The Balaban J connectivity index is 0.00000133. The third kappa shape index (κ3) is 2.49. The van der Waals surface area contributed by atoms with Crippen LogP contribution in [0, 0.1) is 6.92 Å². The molecule has 0 saturated heterocycles. The highest BCUT2D eigenvalue weighted by Crippen LogP contribution is 2.25. The van der Waals surface area contributed by atoms with Crippen LogP contribution in [-0.4, -0.2) is 11.7 Å². The maximum Gasteiger partial charge on any atom is 0.406 e. The van der Waals surface area contributed by atoms with E-state index in [1.165, 1.54) is 0 Å². The van der Waals surface area contributed by atoms with E-state index in [0.717, 1.165) is 28.3 Å². The molecule has 0 aliphatic rings. The largest absolute Gasteiger partial charge is 1.00 e. The lowest BCUT2D eigenvalue weighted by atomic mass is 10.1. The summed E-state index contributed by atoms with van der Waals surface area (Å²) in [5, 5.41) is 0. The maximum atomic E-state index is 5.83. The van der Waals surface area contributed by atoms with Crippen LogP contribution in [0.3, 0.4) is 0 Å². The minimum absolute atomic E-state index is 0. The van der Waals surface area contributed by atoms with Crippen molar-refractivity contribution in [2.75, 3.05) is 7.11 Å². The van der Waals surface area contributed by atoms with E-state index in [9.17, 15) is 0 Å². The molecule has 0 spiro atoms. The molecule has 1 aromatic carbocycles. The van der Waals surface area contributed by atoms with Gasteiger partial charge >= 0.3 is 5.76 Å². The summed E-state index contributed by atoms with van der Waals surface area (Å²) in [4.78, 5) is 0. The van der Waals surface area contributed by atoms with E-state index < -0.39 is 0 Å². The molecule has 0 N–H and O–H groups in total. The minimum atomic E-state index is 0. The first-order valence-electron chi connectivity index (χ1n) is 5.84. The molecular weight excluding hydrogens is 306 g/mol. The van der Waals surface area contributed by atoms with Crippen LogP contribution in [0.1, 0.15) is 5.69 Å². The molecule has 0 amide bonds. The number of rotatable bonds is 2. The van der Waals surface area contributed by atoms with Gasteiger partial charge in [-0.3, -0.25) is 0 Å². The summed E-state index contributed by atoms with van der Waals surface area (Å²) in [5.41, 5.74) is 3.17. The maximum absolute atomic E-state index is 5.83. The van der Waals surface area contributed by atoms with E-state index in [4.69, 9.17) is 9.26 Å². The SMILES string of the molecule is COc1ccc(-c2cc3cccc(C)n3[o+]2)cc1.[Br-]. The number of hydrogen-bond acceptors (Lipinski definition) is 1. The van der Waals surface area contributed by atoms with Crippen molar-refractivity contribution in [1.82, 2.24) is 4.57 Å². The van der Waals surface area contributed by atoms with Gasteiger partial charge in [-0.15, -0.1) is 0 Å². The summed E-state index contributed by atoms with van der Waals surface area (Å²) in [5.74, 6) is 1.70. The molecule has 0 bridgehead atoms. The van der Waals surface area contributed by atoms with Crippen LogP contribution in [-0.2, 0) is 0 Å². The van der Waals surface area contributed by atoms with E-state index in [1.54, 1.807) is 7.11 Å². The molecule has 3 nitrogen and oxygen atoms in total. The van der Waals surface area contributed by atoms with Crippen LogP contribution in [0.15, 0.2) is 53.1 Å². The van der Waals surface area contributed by atoms with Gasteiger partial charge in [0.1, 0.15) is 17.0 Å². The van der Waals surface area contributed by atoms with E-state index in [2.05, 4.69) is 0 Å². The molecule has 0 saturated carbocycles. The lowest BCUT2D eigenvalue weighted by molar-refractivity contribution is -0.00000438. The van der Waals surface area contributed by atoms with Gasteiger partial charge in [-0.05, 0) is 43.3 Å². The van der Waals surface area contributed by atoms with E-state index in [0.29, 0.717) is 0 Å². The summed E-state index contributed by atoms with van der Waals surface area (Å²) in [6, 6.07) is 16.0. The number of nitrogens with zero attached hydrogens (tertiary/aromatic N) is 1. The van der Waals surface area contributed by atoms with Crippen molar-refractivity contribution in [2.45, 2.75) is 6.92 Å². The van der Waals surface area contributed by atoms with Crippen molar-refractivity contribution < 1.29 is 26.2 Å². The first-order valence-corrected chi connectivity index (χ1v) is 5.84. The van der Waals surface area contributed by atoms with Gasteiger partial charge < -0.3 is 21.7 Å². The van der Waals surface area contributed by atoms with Gasteiger partial charge in [0.2, 0.25) is 0 Å². The van der Waals surface area contributed by atoms with Gasteiger partial charge in [0.05, 0.1) is 18.7 Å². The van der Waals surface area contributed by atoms with Crippen LogP contribution in [0.25, 0.3) is 16.8 Å². The molecule has 3 rings (SSSR count). The van der Waals surface area contributed by atoms with Crippen LogP contribution in [0.2, 0.25) is 0 Å². The van der Waals surface area contributed by atoms with Gasteiger partial charge in [-0.1, -0.05) is 10.6 Å². The highest BCUT2D eigenvalue weighted by molar-refractivity contribution is 5.64. The number of benzene rings is 1. The summed E-state index contributed by atoms with van der Waals surface area (Å²) >= 11 is 0. The molecule has 3 aromatic rings. The fraction of sp³-hybridized carbons (Fsp3) is 0.133. The number of aromatic nitrogens is 1. The monoisotopic (exact) mass is 319 g/mol. The molecule has 0 unspecified atom stereocenters. The van der Waals surface area contributed by atoms with Crippen LogP contribution in [0.5, 0.6) is 5.75 Å². The zero-order valence-electron chi connectivity index (χ0n) is 10.8. The number of pyridine rings is 1. The Bertz CT molecular complexity index is 689. The third-order valence-corrected chi connectivity index (χ3v) is 3.00. The first-order chi connectivity index (χ1) is 8.78. The van der Waals surface area contributed by atoms with Crippen LogP contribution >= 0.6 is 0 Å². The predicted molar refractivity (Wildman–Crippen MR) is 70.8 cm³/mol. The van der Waals surface area contributed by atoms with Gasteiger partial charge in [0, 0.05) is 4.57 Å². The average molecular weight is 320 g/mol. The Morgan fingerprint density at radius 3 is 2.42 bits per heavy atom. The summed E-state index contributed by atoms with van der Waals surface area (Å²) in [6.45, 7) is 2.02. The summed E-state index contributed by atoms with van der Waals surface area (Å²) in [6.07, 6.45) is 0. The van der Waals surface area contributed by atoms with Crippen molar-refractivity contribution in [3.63, 3.8) is 0 Å². The van der Waals surface area contributed by atoms with Crippen molar-refractivity contribution in [2.24, 2.45) is 0 Å². The minimum Gasteiger partial charge on any atom is -1.00 e. The Morgan fingerprint density at radius 2 is 1.79 bits per heavy atom. The molecule has 0 atom stereocenters. The standard InChI is InChI=1S/C15H14NO2.BrH/c1-11-4-3-5-13-10-15(18-16(11)13)12-6-8-14(17-2)9-7-12;/h3-10H,1-2H3;1H/q+1;/p-1. The number of methoxy groups -OCH3 is 1. The topological polar surface area (TPSA) is 24.9 Å². The molecule has 4 heteroatoms. The molecule has 0 aliphatic heterocycles. The highest BCUT2D eigenvalue weighted by Gasteiger charge is 2.18. The number of aryl methyl sites for hydroxylation is 1. The van der Waals surface area contributed by atoms with Gasteiger partial charge in [0.15, 0.2) is 0 Å². The average Bonchev–Trinajstić information content (AvgIpc) is 2.84. The normalized spacial score (nSPS) is 10.2. The quantitative estimate of drug-likeness (QED) is 0.653. The highest BCUT2D eigenvalue weighted by atomic mass is 79.9. The van der Waals surface area contributed by atoms with Crippen LogP contribution in [0.4, 0.5) is 0 Å². The fourth-order valence-corrected chi connectivity index (χ4v) is 2.01. The van der Waals surface area contributed by atoms with Crippen molar-refractivity contribution in [3.8, 4) is 17.1 Å². The zero-order valence-corrected chi connectivity index (χ0v) is 12.3. The summed E-state index contributed by atoms with van der Waals surface area (Å²) in [7, 11) is 1.66. The smallest absolute Gasteiger partial charge is 0.406 e. The Morgan fingerprint density at radius 1 is 1.05 bits per heavy atom. The molecular formula is C15H14BrNO2. The Hall–Kier alpha value is -1.81. The summed E-state index contributed by atoms with van der Waals surface area (Å²) < 4.78 is 12.8. The van der Waals surface area contributed by atoms with Crippen molar-refractivity contribution >= 4 is 5.52 Å². The number of fused-ring (bicyclic) bond motifs is 1. The fourth-order valence-electron chi connectivity index (χ4n) is 2.01. The Kier molecular flexibility index (Phi) is 3.90. The molecule has 0 fully saturated rings. The van der Waals surface area contributed by atoms with Crippen molar-refractivity contribution in [1.29, 1.82) is 0 Å². The second-order valence-corrected chi connectivity index (χ2v) is 4.21. The van der Waals surface area contributed by atoms with Gasteiger partial charge in [-0.2, -0.15) is 0 Å². The van der Waals surface area contributed by atoms with E-state index in [1.807, 2.05) is 60.0 Å². The second kappa shape index (κ2) is 5.45. The molecule has 98 valence electrons. The predicted octanol–water partition coefficient (Wildman–Crippen LogP) is 0.801. The Labute approximate surface area is 122 Å². The van der Waals surface area contributed by atoms with Crippen LogP contribution < -0.4 is 21.7 Å². The van der Waals surface area contributed by atoms with Gasteiger partial charge in [0.25, 0.3) is 0 Å². The molecule has 2 heterocycles. The van der Waals surface area contributed by atoms with E-state index >= 15 is 0 Å². The first kappa shape index (κ1) is 13.6. The van der Waals surface area contributed by atoms with Crippen molar-refractivity contribution in [3.05, 3.63) is 54.2 Å². The molecule has 0 aliphatic carbocycles. The van der Waals surface area contributed by atoms with E-state index in [-0.39, 0.29) is 17.0 Å². The third-order valence-electron chi connectivity index (χ3n) is 3.00. The number of ether oxygens (including phenoxy) is 1. The number of hydrogen-bond donors (Lipinski definition) is 0. The second-order valence-electron chi connectivity index (χ2n) is 4.21. The van der Waals surface area contributed by atoms with Gasteiger partial charge in [-0.25, -0.2) is 0 Å². The lowest BCUT2D eigenvalue weighted by Crippen LogP contribution is -3.00. The number of halogens is 1. The molecule has 19 heavy (non-hydrogen) atoms.